The van der Waals surface area contributed by atoms with E-state index in [0.29, 0.717) is 23.0 Å². The summed E-state index contributed by atoms with van der Waals surface area (Å²) in [6, 6.07) is 5.77. The number of aliphatic hydroxyl groups is 1. The van der Waals surface area contributed by atoms with Gasteiger partial charge in [-0.3, -0.25) is 13.8 Å². The number of nitrogens with one attached hydrogen (secondary N) is 1. The highest BCUT2D eigenvalue weighted by atomic mass is 31.2. The molecule has 1 aromatic carbocycles. The van der Waals surface area contributed by atoms with Gasteiger partial charge in [-0.15, -0.1) is 0 Å². The Bertz CT molecular complexity index is 1510. The van der Waals surface area contributed by atoms with Crippen LogP contribution in [-0.4, -0.2) is 47.7 Å². The molecule has 0 radical (unpaired) electrons. The normalized spacial score (nSPS) is 13.9. The lowest BCUT2D eigenvalue weighted by molar-refractivity contribution is -0.123. The first-order valence-corrected chi connectivity index (χ1v) is 25.2. The molecule has 3 atom stereocenters. The zero-order valence-corrected chi connectivity index (χ0v) is 38.5. The topological polar surface area (TPSA) is 139 Å². The van der Waals surface area contributed by atoms with E-state index >= 15 is 0 Å². The van der Waals surface area contributed by atoms with Crippen LogP contribution in [0, 0.1) is 0 Å². The molecule has 1 heterocycles. The van der Waals surface area contributed by atoms with Crippen molar-refractivity contribution in [2.45, 2.75) is 213 Å². The Morgan fingerprint density at radius 1 is 0.746 bits per heavy atom. The standard InChI is InChI=1S/C48H83N2O8P/c1-5-9-11-13-15-17-19-21-23-25-27-29-31-33-45(51)44(49-47(52)34-32-30-28-26-24-22-20-18-16-14-12-10-6-2)40-57-59(54,55)56-39-41-37-48(53)58-46-38-42(35-36-43(41)46)50(7-3)8-4/h31,33,35-38,44-45,51H,5-30,32,34,39-40H2,1-4H3,(H,49,52)(H,54,55)/b33-31+/t44-,45+/m0/s1. The van der Waals surface area contributed by atoms with Gasteiger partial charge in [0, 0.05) is 42.7 Å². The number of amides is 1. The number of phosphoric acid groups is 1. The Hall–Kier alpha value is -2.49. The molecule has 0 spiro atoms. The zero-order chi connectivity index (χ0) is 43.0. The van der Waals surface area contributed by atoms with Crippen molar-refractivity contribution in [3.05, 3.63) is 52.4 Å². The fraction of sp³-hybridized carbons (Fsp3) is 0.750. The van der Waals surface area contributed by atoms with Crippen molar-refractivity contribution in [1.82, 2.24) is 5.32 Å². The second kappa shape index (κ2) is 33.2. The molecule has 2 rings (SSSR count). The summed E-state index contributed by atoms with van der Waals surface area (Å²) < 4.78 is 29.3. The van der Waals surface area contributed by atoms with E-state index in [4.69, 9.17) is 13.5 Å². The van der Waals surface area contributed by atoms with Crippen molar-refractivity contribution in [3.63, 3.8) is 0 Å². The number of hydrogen-bond acceptors (Lipinski definition) is 8. The smallest absolute Gasteiger partial charge is 0.423 e. The molecule has 11 heteroatoms. The third-order valence-electron chi connectivity index (χ3n) is 11.3. The number of phosphoric ester groups is 1. The maximum Gasteiger partial charge on any atom is 0.472 e. The molecule has 0 aliphatic carbocycles. The maximum absolute atomic E-state index is 13.1. The SMILES string of the molecule is CCCCCCCCCCCCC/C=C/[C@@H](O)[C@H](COP(=O)(O)OCc1cc(=O)oc2cc(N(CC)CC)ccc12)NC(=O)CCCCCCCCCCCCCCC. The first-order valence-electron chi connectivity index (χ1n) is 23.7. The van der Waals surface area contributed by atoms with Crippen molar-refractivity contribution < 1.29 is 32.8 Å². The largest absolute Gasteiger partial charge is 0.472 e. The molecule has 2 aromatic rings. The van der Waals surface area contributed by atoms with Gasteiger partial charge in [-0.2, -0.15) is 0 Å². The summed E-state index contributed by atoms with van der Waals surface area (Å²) in [6.45, 7) is 9.33. The number of anilines is 1. The zero-order valence-electron chi connectivity index (χ0n) is 37.6. The van der Waals surface area contributed by atoms with Gasteiger partial charge in [0.05, 0.1) is 25.4 Å². The molecule has 0 fully saturated rings. The lowest BCUT2D eigenvalue weighted by Crippen LogP contribution is -2.45. The van der Waals surface area contributed by atoms with Crippen LogP contribution in [0.2, 0.25) is 0 Å². The molecule has 10 nitrogen and oxygen atoms in total. The minimum absolute atomic E-state index is 0.236. The van der Waals surface area contributed by atoms with Crippen molar-refractivity contribution >= 4 is 30.4 Å². The second-order valence-corrected chi connectivity index (χ2v) is 17.8. The number of carbonyl (C=O) groups excluding carboxylic acids is 1. The molecular weight excluding hydrogens is 764 g/mol. The van der Waals surface area contributed by atoms with Crippen molar-refractivity contribution in [1.29, 1.82) is 0 Å². The molecule has 1 amide bonds. The number of aliphatic hydroxyl groups excluding tert-OH is 1. The van der Waals surface area contributed by atoms with Crippen LogP contribution < -0.4 is 15.8 Å². The van der Waals surface area contributed by atoms with Gasteiger partial charge in [0.15, 0.2) is 0 Å². The predicted molar refractivity (Wildman–Crippen MR) is 245 cm³/mol. The van der Waals surface area contributed by atoms with Crippen LogP contribution >= 0.6 is 7.82 Å². The molecule has 0 saturated heterocycles. The first kappa shape index (κ1) is 52.6. The number of nitrogens with zero attached hydrogens (tertiary/aromatic N) is 1. The van der Waals surface area contributed by atoms with E-state index < -0.39 is 32.2 Å². The van der Waals surface area contributed by atoms with E-state index in [2.05, 4.69) is 24.1 Å². The third-order valence-corrected chi connectivity index (χ3v) is 12.2. The van der Waals surface area contributed by atoms with Crippen molar-refractivity contribution in [2.24, 2.45) is 0 Å². The summed E-state index contributed by atoms with van der Waals surface area (Å²) in [5.41, 5.74) is 1.03. The Balaban J connectivity index is 1.89. The van der Waals surface area contributed by atoms with Crippen LogP contribution in [0.15, 0.2) is 45.6 Å². The lowest BCUT2D eigenvalue weighted by atomic mass is 10.0. The predicted octanol–water partition coefficient (Wildman–Crippen LogP) is 12.9. The number of fused-ring (bicyclic) bond motifs is 1. The van der Waals surface area contributed by atoms with Crippen LogP contribution in [-0.2, 0) is 25.0 Å². The van der Waals surface area contributed by atoms with Crippen LogP contribution in [0.25, 0.3) is 11.0 Å². The molecule has 0 saturated carbocycles. The molecule has 3 N–H and O–H groups in total. The second-order valence-electron chi connectivity index (χ2n) is 16.4. The summed E-state index contributed by atoms with van der Waals surface area (Å²) in [6.07, 6.45) is 33.1. The highest BCUT2D eigenvalue weighted by molar-refractivity contribution is 7.47. The summed E-state index contributed by atoms with van der Waals surface area (Å²) in [4.78, 5) is 38.3. The molecule has 338 valence electrons. The monoisotopic (exact) mass is 847 g/mol. The molecule has 0 aliphatic rings. The number of rotatable bonds is 38. The fourth-order valence-electron chi connectivity index (χ4n) is 7.59. The minimum Gasteiger partial charge on any atom is -0.423 e. The van der Waals surface area contributed by atoms with E-state index in [0.717, 1.165) is 57.3 Å². The Morgan fingerprint density at radius 2 is 1.25 bits per heavy atom. The van der Waals surface area contributed by atoms with Gasteiger partial charge in [0.25, 0.3) is 0 Å². The Kier molecular flexibility index (Phi) is 29.6. The van der Waals surface area contributed by atoms with E-state index in [1.807, 2.05) is 26.0 Å². The van der Waals surface area contributed by atoms with Gasteiger partial charge < -0.3 is 24.6 Å². The van der Waals surface area contributed by atoms with E-state index in [-0.39, 0.29) is 12.5 Å². The number of allylic oxidation sites excluding steroid dienone is 1. The maximum atomic E-state index is 13.1. The molecule has 0 bridgehead atoms. The molecular formula is C48H83N2O8P. The highest BCUT2D eigenvalue weighted by Crippen LogP contribution is 2.44. The Morgan fingerprint density at radius 3 is 1.78 bits per heavy atom. The molecule has 1 unspecified atom stereocenters. The van der Waals surface area contributed by atoms with Gasteiger partial charge in [0.2, 0.25) is 5.91 Å². The Labute approximate surface area is 357 Å². The summed E-state index contributed by atoms with van der Waals surface area (Å²) in [5.74, 6) is -0.236. The number of unbranched alkanes of at least 4 members (excludes halogenated alkanes) is 23. The third kappa shape index (κ3) is 24.5. The van der Waals surface area contributed by atoms with Crippen molar-refractivity contribution in [3.8, 4) is 0 Å². The van der Waals surface area contributed by atoms with Gasteiger partial charge >= 0.3 is 13.4 Å². The van der Waals surface area contributed by atoms with Crippen molar-refractivity contribution in [2.75, 3.05) is 24.6 Å². The van der Waals surface area contributed by atoms with Crippen LogP contribution in [0.5, 0.6) is 0 Å². The lowest BCUT2D eigenvalue weighted by Gasteiger charge is -2.23. The average molecular weight is 847 g/mol. The van der Waals surface area contributed by atoms with Crippen LogP contribution in [0.4, 0.5) is 5.69 Å². The molecule has 1 aromatic heterocycles. The summed E-state index contributed by atoms with van der Waals surface area (Å²) in [5, 5.41) is 14.6. The van der Waals surface area contributed by atoms with Gasteiger partial charge in [-0.05, 0) is 50.8 Å². The van der Waals surface area contributed by atoms with E-state index in [1.165, 1.54) is 128 Å². The van der Waals surface area contributed by atoms with E-state index in [1.54, 1.807) is 18.2 Å². The minimum atomic E-state index is -4.66. The fourth-order valence-corrected chi connectivity index (χ4v) is 8.32. The van der Waals surface area contributed by atoms with Crippen LogP contribution in [0.3, 0.4) is 0 Å². The molecule has 0 aliphatic heterocycles. The highest BCUT2D eigenvalue weighted by Gasteiger charge is 2.27. The number of hydrogen-bond donors (Lipinski definition) is 3. The van der Waals surface area contributed by atoms with E-state index in [9.17, 15) is 24.2 Å². The summed E-state index contributed by atoms with van der Waals surface area (Å²) >= 11 is 0. The number of benzene rings is 1. The number of carbonyl (C=O) groups is 1. The first-order chi connectivity index (χ1) is 28.6. The van der Waals surface area contributed by atoms with Gasteiger partial charge in [-0.25, -0.2) is 9.36 Å². The summed E-state index contributed by atoms with van der Waals surface area (Å²) in [7, 11) is -4.66. The quantitative estimate of drug-likeness (QED) is 0.0261. The average Bonchev–Trinajstić information content (AvgIpc) is 3.22. The van der Waals surface area contributed by atoms with Gasteiger partial charge in [-0.1, -0.05) is 167 Å². The molecule has 59 heavy (non-hydrogen) atoms. The van der Waals surface area contributed by atoms with Crippen LogP contribution in [0.1, 0.15) is 200 Å². The van der Waals surface area contributed by atoms with Gasteiger partial charge in [0.1, 0.15) is 5.58 Å².